The zero-order chi connectivity index (χ0) is 14.1. The third kappa shape index (κ3) is 24.6. The van der Waals surface area contributed by atoms with Crippen LogP contribution in [0.4, 0.5) is 0 Å². The van der Waals surface area contributed by atoms with Gasteiger partial charge in [0.05, 0.1) is 0 Å². The number of hydrogen-bond donors (Lipinski definition) is 0. The fourth-order valence-corrected chi connectivity index (χ4v) is 1.51. The highest BCUT2D eigenvalue weighted by Crippen LogP contribution is 2.00. The summed E-state index contributed by atoms with van der Waals surface area (Å²) in [5.74, 6) is 0. The molecule has 0 aliphatic heterocycles. The predicted octanol–water partition coefficient (Wildman–Crippen LogP) is 7.07. The van der Waals surface area contributed by atoms with E-state index in [-0.39, 0.29) is 0 Å². The van der Waals surface area contributed by atoms with E-state index < -0.39 is 0 Å². The number of hydrogen-bond acceptors (Lipinski definition) is 0. The molecule has 18 heavy (non-hydrogen) atoms. The summed E-state index contributed by atoms with van der Waals surface area (Å²) in [4.78, 5) is 0. The minimum Gasteiger partial charge on any atom is -0.0885 e. The lowest BCUT2D eigenvalue weighted by atomic mass is 10.2. The second-order valence-corrected chi connectivity index (χ2v) is 5.18. The average molecular weight is 252 g/mol. The van der Waals surface area contributed by atoms with Crippen LogP contribution >= 0.6 is 0 Å². The van der Waals surface area contributed by atoms with Gasteiger partial charge in [-0.15, -0.1) is 0 Å². The molecule has 0 aromatic carbocycles. The minimum absolute atomic E-state index is 1.26. The summed E-state index contributed by atoms with van der Waals surface area (Å²) in [5.41, 5.74) is 1.44. The van der Waals surface area contributed by atoms with Gasteiger partial charge >= 0.3 is 0 Å². The van der Waals surface area contributed by atoms with E-state index in [1.54, 1.807) is 0 Å². The van der Waals surface area contributed by atoms with Crippen LogP contribution in [-0.2, 0) is 0 Å². The highest BCUT2D eigenvalue weighted by Gasteiger charge is 1.80. The van der Waals surface area contributed by atoms with Gasteiger partial charge in [0.15, 0.2) is 0 Å². The van der Waals surface area contributed by atoms with E-state index >= 15 is 0 Å². The van der Waals surface area contributed by atoms with Crippen LogP contribution in [0.2, 0.25) is 0 Å². The Morgan fingerprint density at radius 1 is 0.667 bits per heavy atom. The molecule has 0 rings (SSSR count). The van der Waals surface area contributed by atoms with Gasteiger partial charge in [-0.05, 0) is 39.5 Å². The maximum Gasteiger partial charge on any atom is -0.0348 e. The quantitative estimate of drug-likeness (QED) is 0.304. The molecule has 0 radical (unpaired) electrons. The molecule has 0 saturated heterocycles. The van der Waals surface area contributed by atoms with Gasteiger partial charge < -0.3 is 0 Å². The Hall–Kier alpha value is -0.520. The van der Waals surface area contributed by atoms with Crippen LogP contribution in [0.3, 0.4) is 0 Å². The highest BCUT2D eigenvalue weighted by molar-refractivity contribution is 4.92. The van der Waals surface area contributed by atoms with Crippen molar-refractivity contribution in [1.29, 1.82) is 0 Å². The van der Waals surface area contributed by atoms with Gasteiger partial charge in [0.25, 0.3) is 0 Å². The zero-order valence-electron chi connectivity index (χ0n) is 13.6. The fourth-order valence-electron chi connectivity index (χ4n) is 1.51. The molecule has 0 atom stereocenters. The van der Waals surface area contributed by atoms with E-state index in [0.717, 1.165) is 0 Å². The summed E-state index contributed by atoms with van der Waals surface area (Å²) in [6.45, 7) is 11.0. The van der Waals surface area contributed by atoms with Crippen molar-refractivity contribution in [3.8, 4) is 0 Å². The molecule has 108 valence electrons. The Morgan fingerprint density at radius 3 is 1.78 bits per heavy atom. The molecule has 0 aliphatic carbocycles. The Kier molecular flexibility index (Phi) is 20.7. The van der Waals surface area contributed by atoms with E-state index in [1.807, 2.05) is 0 Å². The van der Waals surface area contributed by atoms with Crippen LogP contribution in [0.1, 0.15) is 92.4 Å². The molecule has 0 aromatic rings. The van der Waals surface area contributed by atoms with Crippen molar-refractivity contribution in [2.45, 2.75) is 92.4 Å². The molecule has 0 fully saturated rings. The predicted molar refractivity (Wildman–Crippen MR) is 87.1 cm³/mol. The van der Waals surface area contributed by atoms with Crippen LogP contribution in [0.25, 0.3) is 0 Å². The van der Waals surface area contributed by atoms with Crippen molar-refractivity contribution >= 4 is 0 Å². The second-order valence-electron chi connectivity index (χ2n) is 5.18. The molecule has 0 spiro atoms. The third-order valence-electron chi connectivity index (χ3n) is 2.71. The van der Waals surface area contributed by atoms with Gasteiger partial charge in [0, 0.05) is 0 Å². The van der Waals surface area contributed by atoms with Crippen LogP contribution in [0, 0.1) is 0 Å². The molecular weight excluding hydrogens is 216 g/mol. The van der Waals surface area contributed by atoms with Crippen molar-refractivity contribution < 1.29 is 0 Å². The molecule has 0 nitrogen and oxygen atoms in total. The Bertz CT molecular complexity index is 182. The van der Waals surface area contributed by atoms with E-state index in [1.165, 1.54) is 63.4 Å². The first kappa shape index (κ1) is 19.8. The molecule has 0 unspecified atom stereocenters. The van der Waals surface area contributed by atoms with Gasteiger partial charge in [-0.1, -0.05) is 76.7 Å². The maximum atomic E-state index is 2.32. The van der Waals surface area contributed by atoms with Gasteiger partial charge in [0.1, 0.15) is 0 Å². The molecule has 0 saturated carbocycles. The standard InChI is InChI=1S/C10H20.C8H16/c1-3-5-7-9-10-8-6-4-2;1-4-5-6-7-8(2)3/h7,9H,3-6,8,10H2,1-2H3;7H,4-6H2,1-3H3. The van der Waals surface area contributed by atoms with Gasteiger partial charge in [-0.2, -0.15) is 0 Å². The zero-order valence-corrected chi connectivity index (χ0v) is 13.6. The smallest absolute Gasteiger partial charge is 0.0348 e. The van der Waals surface area contributed by atoms with E-state index in [0.29, 0.717) is 0 Å². The first-order chi connectivity index (χ1) is 8.68. The SMILES string of the molecule is CCCC=CCCCCC.CCCCC=C(C)C. The summed E-state index contributed by atoms with van der Waals surface area (Å²) in [6, 6.07) is 0. The highest BCUT2D eigenvalue weighted by atomic mass is 13.9. The summed E-state index contributed by atoms with van der Waals surface area (Å²) in [6.07, 6.45) is 18.7. The van der Waals surface area contributed by atoms with E-state index in [2.05, 4.69) is 52.8 Å². The summed E-state index contributed by atoms with van der Waals surface area (Å²) < 4.78 is 0. The van der Waals surface area contributed by atoms with Crippen molar-refractivity contribution in [2.24, 2.45) is 0 Å². The van der Waals surface area contributed by atoms with E-state index in [9.17, 15) is 0 Å². The molecule has 0 heteroatoms. The van der Waals surface area contributed by atoms with Crippen LogP contribution in [-0.4, -0.2) is 0 Å². The van der Waals surface area contributed by atoms with Gasteiger partial charge in [-0.25, -0.2) is 0 Å². The monoisotopic (exact) mass is 252 g/mol. The van der Waals surface area contributed by atoms with E-state index in [4.69, 9.17) is 0 Å². The summed E-state index contributed by atoms with van der Waals surface area (Å²) in [7, 11) is 0. The number of rotatable bonds is 9. The van der Waals surface area contributed by atoms with Crippen LogP contribution < -0.4 is 0 Å². The normalized spacial score (nSPS) is 10.1. The molecule has 0 bridgehead atoms. The first-order valence-electron chi connectivity index (χ1n) is 7.97. The minimum atomic E-state index is 1.26. The van der Waals surface area contributed by atoms with Gasteiger partial charge in [-0.3, -0.25) is 0 Å². The largest absolute Gasteiger partial charge is 0.0885 e. The second kappa shape index (κ2) is 18.8. The van der Waals surface area contributed by atoms with Crippen molar-refractivity contribution in [2.75, 3.05) is 0 Å². The Balaban J connectivity index is 0. The van der Waals surface area contributed by atoms with Crippen LogP contribution in [0.15, 0.2) is 23.8 Å². The molecule has 0 aliphatic rings. The molecule has 0 amide bonds. The molecule has 0 N–H and O–H groups in total. The first-order valence-corrected chi connectivity index (χ1v) is 7.97. The van der Waals surface area contributed by atoms with Crippen molar-refractivity contribution in [3.63, 3.8) is 0 Å². The van der Waals surface area contributed by atoms with Crippen LogP contribution in [0.5, 0.6) is 0 Å². The van der Waals surface area contributed by atoms with Crippen molar-refractivity contribution in [1.82, 2.24) is 0 Å². The third-order valence-corrected chi connectivity index (χ3v) is 2.71. The van der Waals surface area contributed by atoms with Crippen molar-refractivity contribution in [3.05, 3.63) is 23.8 Å². The Labute approximate surface area is 117 Å². The average Bonchev–Trinajstić information content (AvgIpc) is 2.34. The topological polar surface area (TPSA) is 0 Å². The lowest BCUT2D eigenvalue weighted by molar-refractivity contribution is 0.727. The number of allylic oxidation sites excluding steroid dienone is 4. The summed E-state index contributed by atoms with van der Waals surface area (Å²) >= 11 is 0. The molecule has 0 heterocycles. The molecular formula is C18H36. The van der Waals surface area contributed by atoms with Gasteiger partial charge in [0.2, 0.25) is 0 Å². The lowest BCUT2D eigenvalue weighted by Crippen LogP contribution is -1.70. The molecule has 0 aromatic heterocycles. The Morgan fingerprint density at radius 2 is 1.28 bits per heavy atom. The fraction of sp³-hybridized carbons (Fsp3) is 0.778. The number of unbranched alkanes of at least 4 members (excludes halogenated alkanes) is 6. The summed E-state index contributed by atoms with van der Waals surface area (Å²) in [5, 5.41) is 0. The maximum absolute atomic E-state index is 2.32. The lowest BCUT2D eigenvalue weighted by Gasteiger charge is -1.90.